The van der Waals surface area contributed by atoms with Crippen molar-refractivity contribution in [3.8, 4) is 0 Å². The number of aliphatic hydroxyl groups is 1. The zero-order valence-electron chi connectivity index (χ0n) is 12.2. The van der Waals surface area contributed by atoms with Gasteiger partial charge in [0.25, 0.3) is 5.91 Å². The van der Waals surface area contributed by atoms with Gasteiger partial charge in [-0.2, -0.15) is 5.10 Å². The molecule has 2 aromatic rings. The maximum absolute atomic E-state index is 11.9. The average molecular weight is 287 g/mol. The smallest absolute Gasteiger partial charge is 0.251 e. The van der Waals surface area contributed by atoms with E-state index >= 15 is 0 Å². The molecule has 5 heteroatoms. The monoisotopic (exact) mass is 287 g/mol. The number of nitrogens with one attached hydrogen (secondary N) is 1. The van der Waals surface area contributed by atoms with E-state index in [9.17, 15) is 9.90 Å². The first kappa shape index (κ1) is 15.3. The molecule has 1 amide bonds. The molecule has 0 bridgehead atoms. The molecule has 0 saturated heterocycles. The van der Waals surface area contributed by atoms with Gasteiger partial charge in [-0.15, -0.1) is 0 Å². The van der Waals surface area contributed by atoms with Gasteiger partial charge >= 0.3 is 0 Å². The molecule has 1 heterocycles. The highest BCUT2D eigenvalue weighted by molar-refractivity contribution is 5.94. The van der Waals surface area contributed by atoms with Gasteiger partial charge in [0.05, 0.1) is 12.6 Å². The fourth-order valence-corrected chi connectivity index (χ4v) is 2.09. The van der Waals surface area contributed by atoms with Crippen molar-refractivity contribution in [3.05, 3.63) is 53.9 Å². The molecule has 0 aliphatic rings. The third-order valence-electron chi connectivity index (χ3n) is 3.24. The summed E-state index contributed by atoms with van der Waals surface area (Å²) in [6, 6.07) is 9.29. The molecule has 0 radical (unpaired) electrons. The molecular formula is C16H21N3O2. The second-order valence-corrected chi connectivity index (χ2v) is 5.05. The van der Waals surface area contributed by atoms with Crippen molar-refractivity contribution in [1.29, 1.82) is 0 Å². The minimum absolute atomic E-state index is 0.157. The molecule has 1 aromatic heterocycles. The third kappa shape index (κ3) is 4.72. The van der Waals surface area contributed by atoms with Gasteiger partial charge in [-0.1, -0.05) is 25.5 Å². The molecule has 0 spiro atoms. The molecule has 112 valence electrons. The molecule has 1 aromatic carbocycles. The summed E-state index contributed by atoms with van der Waals surface area (Å²) in [7, 11) is 0. The van der Waals surface area contributed by atoms with Gasteiger partial charge in [-0.25, -0.2) is 0 Å². The highest BCUT2D eigenvalue weighted by atomic mass is 16.3. The maximum Gasteiger partial charge on any atom is 0.251 e. The highest BCUT2D eigenvalue weighted by Crippen LogP contribution is 2.06. The van der Waals surface area contributed by atoms with Crippen LogP contribution in [0.2, 0.25) is 0 Å². The summed E-state index contributed by atoms with van der Waals surface area (Å²) in [5, 5.41) is 16.5. The van der Waals surface area contributed by atoms with Crippen LogP contribution < -0.4 is 5.32 Å². The Morgan fingerprint density at radius 3 is 2.76 bits per heavy atom. The van der Waals surface area contributed by atoms with Crippen LogP contribution >= 0.6 is 0 Å². The van der Waals surface area contributed by atoms with Crippen molar-refractivity contribution in [2.45, 2.75) is 32.4 Å². The van der Waals surface area contributed by atoms with E-state index in [-0.39, 0.29) is 5.91 Å². The number of carbonyl (C=O) groups excluding carboxylic acids is 1. The molecule has 21 heavy (non-hydrogen) atoms. The second kappa shape index (κ2) is 7.59. The van der Waals surface area contributed by atoms with Crippen LogP contribution in [0.5, 0.6) is 0 Å². The lowest BCUT2D eigenvalue weighted by atomic mass is 10.1. The lowest BCUT2D eigenvalue weighted by Crippen LogP contribution is -2.31. The first-order valence-corrected chi connectivity index (χ1v) is 7.21. The molecule has 0 saturated carbocycles. The SMILES string of the molecule is CCCC(O)CNC(=O)c1ccc(Cn2cccn2)cc1. The van der Waals surface area contributed by atoms with Crippen LogP contribution in [0, 0.1) is 0 Å². The van der Waals surface area contributed by atoms with E-state index in [1.54, 1.807) is 18.3 Å². The van der Waals surface area contributed by atoms with E-state index in [2.05, 4.69) is 10.4 Å². The van der Waals surface area contributed by atoms with Crippen LogP contribution in [0.25, 0.3) is 0 Å². The summed E-state index contributed by atoms with van der Waals surface area (Å²) in [4.78, 5) is 11.9. The van der Waals surface area contributed by atoms with Gasteiger partial charge < -0.3 is 10.4 Å². The quantitative estimate of drug-likeness (QED) is 0.816. The number of nitrogens with zero attached hydrogens (tertiary/aromatic N) is 2. The van der Waals surface area contributed by atoms with Crippen molar-refractivity contribution in [3.63, 3.8) is 0 Å². The number of benzene rings is 1. The Kier molecular flexibility index (Phi) is 5.51. The number of hydrogen-bond donors (Lipinski definition) is 2. The molecule has 2 rings (SSSR count). The van der Waals surface area contributed by atoms with E-state index in [4.69, 9.17) is 0 Å². The molecule has 5 nitrogen and oxygen atoms in total. The fourth-order valence-electron chi connectivity index (χ4n) is 2.09. The summed E-state index contributed by atoms with van der Waals surface area (Å²) in [5.74, 6) is -0.157. The Hall–Kier alpha value is -2.14. The highest BCUT2D eigenvalue weighted by Gasteiger charge is 2.08. The number of aromatic nitrogens is 2. The molecule has 0 aliphatic heterocycles. The first-order valence-electron chi connectivity index (χ1n) is 7.21. The van der Waals surface area contributed by atoms with Crippen LogP contribution in [-0.2, 0) is 6.54 Å². The van der Waals surface area contributed by atoms with Crippen LogP contribution in [-0.4, -0.2) is 33.4 Å². The van der Waals surface area contributed by atoms with Gasteiger partial charge in [0.1, 0.15) is 0 Å². The van der Waals surface area contributed by atoms with Crippen molar-refractivity contribution in [2.24, 2.45) is 0 Å². The van der Waals surface area contributed by atoms with E-state index in [1.807, 2.05) is 36.0 Å². The molecule has 2 N–H and O–H groups in total. The van der Waals surface area contributed by atoms with Crippen molar-refractivity contribution in [2.75, 3.05) is 6.54 Å². The standard InChI is InChI=1S/C16H21N3O2/c1-2-4-15(20)11-17-16(21)14-7-5-13(6-8-14)12-19-10-3-9-18-19/h3,5-10,15,20H,2,4,11-12H2,1H3,(H,17,21). The molecule has 1 atom stereocenters. The van der Waals surface area contributed by atoms with Gasteiger partial charge in [0.2, 0.25) is 0 Å². The number of hydrogen-bond acceptors (Lipinski definition) is 3. The van der Waals surface area contributed by atoms with Gasteiger partial charge in [0, 0.05) is 24.5 Å². The van der Waals surface area contributed by atoms with Gasteiger partial charge in [-0.05, 0) is 30.2 Å². The second-order valence-electron chi connectivity index (χ2n) is 5.05. The zero-order chi connectivity index (χ0) is 15.1. The molecule has 0 fully saturated rings. The number of amides is 1. The van der Waals surface area contributed by atoms with Crippen LogP contribution in [0.15, 0.2) is 42.7 Å². The Balaban J connectivity index is 1.87. The van der Waals surface area contributed by atoms with Gasteiger partial charge in [-0.3, -0.25) is 9.48 Å². The topological polar surface area (TPSA) is 67.2 Å². The summed E-state index contributed by atoms with van der Waals surface area (Å²) < 4.78 is 1.83. The van der Waals surface area contributed by atoms with E-state index in [0.717, 1.165) is 12.0 Å². The Labute approximate surface area is 124 Å². The first-order chi connectivity index (χ1) is 10.2. The zero-order valence-corrected chi connectivity index (χ0v) is 12.2. The predicted molar refractivity (Wildman–Crippen MR) is 81.0 cm³/mol. The van der Waals surface area contributed by atoms with E-state index < -0.39 is 6.10 Å². The van der Waals surface area contributed by atoms with Crippen LogP contribution in [0.1, 0.15) is 35.7 Å². The summed E-state index contributed by atoms with van der Waals surface area (Å²) in [6.45, 7) is 2.98. The number of aliphatic hydroxyl groups excluding tert-OH is 1. The van der Waals surface area contributed by atoms with Gasteiger partial charge in [0.15, 0.2) is 0 Å². The lowest BCUT2D eigenvalue weighted by molar-refractivity contribution is 0.0910. The van der Waals surface area contributed by atoms with E-state index in [1.165, 1.54) is 0 Å². The Morgan fingerprint density at radius 2 is 2.14 bits per heavy atom. The minimum Gasteiger partial charge on any atom is -0.391 e. The van der Waals surface area contributed by atoms with Crippen LogP contribution in [0.3, 0.4) is 0 Å². The molecule has 0 aliphatic carbocycles. The van der Waals surface area contributed by atoms with Crippen molar-refractivity contribution >= 4 is 5.91 Å². The number of rotatable bonds is 7. The number of carbonyl (C=O) groups is 1. The molecule has 1 unspecified atom stereocenters. The average Bonchev–Trinajstić information content (AvgIpc) is 2.99. The summed E-state index contributed by atoms with van der Waals surface area (Å²) in [6.07, 6.45) is 4.76. The van der Waals surface area contributed by atoms with Crippen LogP contribution in [0.4, 0.5) is 0 Å². The largest absolute Gasteiger partial charge is 0.391 e. The minimum atomic E-state index is -0.474. The van der Waals surface area contributed by atoms with Crippen molar-refractivity contribution < 1.29 is 9.90 Å². The summed E-state index contributed by atoms with van der Waals surface area (Å²) >= 11 is 0. The summed E-state index contributed by atoms with van der Waals surface area (Å²) in [5.41, 5.74) is 1.68. The van der Waals surface area contributed by atoms with Crippen molar-refractivity contribution in [1.82, 2.24) is 15.1 Å². The Bertz CT molecular complexity index is 549. The van der Waals surface area contributed by atoms with E-state index in [0.29, 0.717) is 25.1 Å². The third-order valence-corrected chi connectivity index (χ3v) is 3.24. The fraction of sp³-hybridized carbons (Fsp3) is 0.375. The molecular weight excluding hydrogens is 266 g/mol. The lowest BCUT2D eigenvalue weighted by Gasteiger charge is -2.11. The normalized spacial score (nSPS) is 12.1. The predicted octanol–water partition coefficient (Wildman–Crippen LogP) is 1.82. The maximum atomic E-state index is 11.9. The Morgan fingerprint density at radius 1 is 1.38 bits per heavy atom.